The molecule has 0 radical (unpaired) electrons. The number of methoxy groups -OCH3 is 1. The topological polar surface area (TPSA) is 84.6 Å². The second-order valence-corrected chi connectivity index (χ2v) is 7.10. The van der Waals surface area contributed by atoms with E-state index in [1.165, 1.54) is 0 Å². The Labute approximate surface area is 164 Å². The van der Waals surface area contributed by atoms with E-state index in [4.69, 9.17) is 22.1 Å². The molecule has 1 aromatic heterocycles. The van der Waals surface area contributed by atoms with Gasteiger partial charge in [0.25, 0.3) is 0 Å². The maximum atomic E-state index is 12.8. The molecule has 2 N–H and O–H groups in total. The van der Waals surface area contributed by atoms with Crippen LogP contribution in [0.1, 0.15) is 17.8 Å². The molecule has 3 rings (SSSR count). The van der Waals surface area contributed by atoms with Crippen LogP contribution in [0.4, 0.5) is 5.82 Å². The summed E-state index contributed by atoms with van der Waals surface area (Å²) < 4.78 is 5.34. The van der Waals surface area contributed by atoms with Gasteiger partial charge in [-0.05, 0) is 31.7 Å². The van der Waals surface area contributed by atoms with Crippen molar-refractivity contribution in [2.24, 2.45) is 0 Å². The van der Waals surface area contributed by atoms with Gasteiger partial charge in [-0.3, -0.25) is 9.69 Å². The summed E-state index contributed by atoms with van der Waals surface area (Å²) >= 11 is 6.26. The summed E-state index contributed by atoms with van der Waals surface area (Å²) in [5.74, 6) is 1.84. The number of ether oxygens (including phenoxy) is 1. The fourth-order valence-corrected chi connectivity index (χ4v) is 3.57. The van der Waals surface area contributed by atoms with Crippen LogP contribution in [0, 0.1) is 0 Å². The number of carbonyl (C=O) groups is 1. The third kappa shape index (κ3) is 4.67. The number of halogens is 1. The van der Waals surface area contributed by atoms with Crippen molar-refractivity contribution in [3.63, 3.8) is 0 Å². The summed E-state index contributed by atoms with van der Waals surface area (Å²) in [4.78, 5) is 25.3. The Morgan fingerprint density at radius 2 is 2.26 bits per heavy atom. The molecule has 8 heteroatoms. The van der Waals surface area contributed by atoms with Gasteiger partial charge in [0, 0.05) is 35.9 Å². The number of nitrogen functional groups attached to an aromatic ring is 1. The van der Waals surface area contributed by atoms with Gasteiger partial charge < -0.3 is 15.4 Å². The molecular formula is C19H24ClN5O2. The number of hydrogen-bond acceptors (Lipinski definition) is 6. The van der Waals surface area contributed by atoms with Crippen molar-refractivity contribution in [2.45, 2.75) is 25.4 Å². The predicted octanol–water partition coefficient (Wildman–Crippen LogP) is 2.00. The van der Waals surface area contributed by atoms with Crippen LogP contribution in [0.2, 0.25) is 5.02 Å². The molecule has 0 spiro atoms. The quantitative estimate of drug-likeness (QED) is 0.813. The van der Waals surface area contributed by atoms with Gasteiger partial charge in [0.1, 0.15) is 17.4 Å². The molecule has 1 fully saturated rings. The van der Waals surface area contributed by atoms with Crippen molar-refractivity contribution in [3.05, 3.63) is 46.9 Å². The van der Waals surface area contributed by atoms with Crippen LogP contribution in [0.5, 0.6) is 5.75 Å². The first kappa shape index (κ1) is 19.4. The van der Waals surface area contributed by atoms with Gasteiger partial charge in [-0.2, -0.15) is 0 Å². The number of nitrogens with two attached hydrogens (primary N) is 1. The second kappa shape index (κ2) is 8.54. The summed E-state index contributed by atoms with van der Waals surface area (Å²) in [7, 11) is 3.60. The van der Waals surface area contributed by atoms with Crippen LogP contribution in [-0.4, -0.2) is 59.0 Å². The van der Waals surface area contributed by atoms with Crippen LogP contribution in [-0.2, 0) is 17.8 Å². The molecular weight excluding hydrogens is 366 g/mol. The average Bonchev–Trinajstić information content (AvgIpc) is 3.14. The van der Waals surface area contributed by atoms with Crippen LogP contribution >= 0.6 is 11.6 Å². The Bertz CT molecular complexity index is 816. The minimum atomic E-state index is 0.0532. The predicted molar refractivity (Wildman–Crippen MR) is 105 cm³/mol. The minimum Gasteiger partial charge on any atom is -0.496 e. The molecule has 7 nitrogen and oxygen atoms in total. The number of nitrogens with zero attached hydrogens (tertiary/aromatic N) is 4. The van der Waals surface area contributed by atoms with Crippen LogP contribution in [0.25, 0.3) is 0 Å². The number of likely N-dealkylation sites (tertiary alicyclic amines) is 1. The summed E-state index contributed by atoms with van der Waals surface area (Å²) in [5.41, 5.74) is 6.45. The van der Waals surface area contributed by atoms with Crippen molar-refractivity contribution >= 4 is 23.3 Å². The minimum absolute atomic E-state index is 0.0532. The summed E-state index contributed by atoms with van der Waals surface area (Å²) in [6.07, 6.45) is 2.80. The van der Waals surface area contributed by atoms with E-state index in [-0.39, 0.29) is 18.4 Å². The molecule has 1 saturated heterocycles. The zero-order chi connectivity index (χ0) is 19.4. The molecule has 1 amide bonds. The molecule has 2 heterocycles. The van der Waals surface area contributed by atoms with Crippen LogP contribution in [0.3, 0.4) is 0 Å². The highest BCUT2D eigenvalue weighted by molar-refractivity contribution is 6.31. The van der Waals surface area contributed by atoms with E-state index in [0.717, 1.165) is 18.5 Å². The third-order valence-corrected chi connectivity index (χ3v) is 5.24. The average molecular weight is 390 g/mol. The van der Waals surface area contributed by atoms with E-state index in [1.807, 2.05) is 24.1 Å². The van der Waals surface area contributed by atoms with Gasteiger partial charge >= 0.3 is 0 Å². The summed E-state index contributed by atoms with van der Waals surface area (Å²) in [6, 6.07) is 7.34. The lowest BCUT2D eigenvalue weighted by atomic mass is 10.1. The molecule has 1 atom stereocenters. The van der Waals surface area contributed by atoms with Crippen molar-refractivity contribution in [1.82, 2.24) is 19.8 Å². The van der Waals surface area contributed by atoms with Crippen LogP contribution in [0.15, 0.2) is 30.5 Å². The van der Waals surface area contributed by atoms with Crippen molar-refractivity contribution in [1.29, 1.82) is 0 Å². The zero-order valence-electron chi connectivity index (χ0n) is 15.6. The van der Waals surface area contributed by atoms with Crippen molar-refractivity contribution in [2.75, 3.05) is 33.0 Å². The Kier molecular flexibility index (Phi) is 6.13. The number of carbonyl (C=O) groups excluding carboxylic acids is 1. The molecule has 1 aliphatic heterocycles. The molecule has 1 aliphatic rings. The number of hydrogen-bond donors (Lipinski definition) is 1. The highest BCUT2D eigenvalue weighted by Crippen LogP contribution is 2.28. The molecule has 0 aliphatic carbocycles. The summed E-state index contributed by atoms with van der Waals surface area (Å²) in [5, 5.41) is 0.550. The number of rotatable bonds is 6. The third-order valence-electron chi connectivity index (χ3n) is 4.88. The Morgan fingerprint density at radius 3 is 3.00 bits per heavy atom. The molecule has 27 heavy (non-hydrogen) atoms. The molecule has 0 saturated carbocycles. The largest absolute Gasteiger partial charge is 0.496 e. The van der Waals surface area contributed by atoms with Gasteiger partial charge in [0.15, 0.2) is 0 Å². The number of likely N-dealkylation sites (N-methyl/N-ethyl adjacent to an activating group) is 1. The van der Waals surface area contributed by atoms with Crippen molar-refractivity contribution < 1.29 is 9.53 Å². The smallest absolute Gasteiger partial charge is 0.227 e. The van der Waals surface area contributed by atoms with Gasteiger partial charge in [-0.15, -0.1) is 0 Å². The standard InChI is InChI=1S/C19H24ClN5O2/c1-24(12-18-22-8-6-17(21)23-18)13-7-9-25(11-13)19(26)10-14-15(20)4-3-5-16(14)27-2/h3-6,8,13H,7,9-12H2,1-2H3,(H2,21,22,23). The lowest BCUT2D eigenvalue weighted by Gasteiger charge is -2.24. The number of aromatic nitrogens is 2. The molecule has 1 unspecified atom stereocenters. The zero-order valence-corrected chi connectivity index (χ0v) is 16.3. The molecule has 0 bridgehead atoms. The van der Waals surface area contributed by atoms with Gasteiger partial charge in [0.05, 0.1) is 20.1 Å². The first-order chi connectivity index (χ1) is 13.0. The lowest BCUT2D eigenvalue weighted by Crippen LogP contribution is -2.37. The first-order valence-electron chi connectivity index (χ1n) is 8.84. The van der Waals surface area contributed by atoms with Crippen LogP contribution < -0.4 is 10.5 Å². The van der Waals surface area contributed by atoms with Gasteiger partial charge in [-0.1, -0.05) is 17.7 Å². The maximum absolute atomic E-state index is 12.8. The fraction of sp³-hybridized carbons (Fsp3) is 0.421. The first-order valence-corrected chi connectivity index (χ1v) is 9.22. The number of anilines is 1. The molecule has 1 aromatic carbocycles. The Balaban J connectivity index is 1.59. The Morgan fingerprint density at radius 1 is 1.44 bits per heavy atom. The van der Waals surface area contributed by atoms with Crippen molar-refractivity contribution in [3.8, 4) is 5.75 Å². The van der Waals surface area contributed by atoms with Gasteiger partial charge in [0.2, 0.25) is 5.91 Å². The summed E-state index contributed by atoms with van der Waals surface area (Å²) in [6.45, 7) is 1.99. The monoisotopic (exact) mass is 389 g/mol. The highest BCUT2D eigenvalue weighted by Gasteiger charge is 2.29. The van der Waals surface area contributed by atoms with E-state index in [2.05, 4.69) is 14.9 Å². The molecule has 144 valence electrons. The van der Waals surface area contributed by atoms with E-state index in [0.29, 0.717) is 35.5 Å². The van der Waals surface area contributed by atoms with E-state index >= 15 is 0 Å². The fourth-order valence-electron chi connectivity index (χ4n) is 3.34. The number of benzene rings is 1. The number of amides is 1. The SMILES string of the molecule is COc1cccc(Cl)c1CC(=O)N1CCC(N(C)Cc2nccc(N)n2)C1. The highest BCUT2D eigenvalue weighted by atomic mass is 35.5. The van der Waals surface area contributed by atoms with E-state index in [1.54, 1.807) is 25.4 Å². The Hall–Kier alpha value is -2.38. The van der Waals surface area contributed by atoms with Gasteiger partial charge in [-0.25, -0.2) is 9.97 Å². The second-order valence-electron chi connectivity index (χ2n) is 6.69. The lowest BCUT2D eigenvalue weighted by molar-refractivity contribution is -0.129. The maximum Gasteiger partial charge on any atom is 0.227 e. The van der Waals surface area contributed by atoms with E-state index < -0.39 is 0 Å². The molecule has 2 aromatic rings. The van der Waals surface area contributed by atoms with E-state index in [9.17, 15) is 4.79 Å². The normalized spacial score (nSPS) is 16.7.